The number of carbonyl (C=O) groups is 2. The van der Waals surface area contributed by atoms with Crippen molar-refractivity contribution in [3.05, 3.63) is 77.9 Å². The predicted molar refractivity (Wildman–Crippen MR) is 141 cm³/mol. The van der Waals surface area contributed by atoms with Crippen LogP contribution in [0.2, 0.25) is 0 Å². The minimum absolute atomic E-state index is 0.0707. The predicted octanol–water partition coefficient (Wildman–Crippen LogP) is 3.79. The zero-order chi connectivity index (χ0) is 26.2. The van der Waals surface area contributed by atoms with Crippen molar-refractivity contribution in [1.82, 2.24) is 9.80 Å². The van der Waals surface area contributed by atoms with Gasteiger partial charge in [-0.15, -0.1) is 0 Å². The van der Waals surface area contributed by atoms with Crippen LogP contribution in [0.15, 0.2) is 66.8 Å². The van der Waals surface area contributed by atoms with Crippen LogP contribution in [0, 0.1) is 0 Å². The number of rotatable bonds is 11. The van der Waals surface area contributed by atoms with E-state index < -0.39 is 17.7 Å². The summed E-state index contributed by atoms with van der Waals surface area (Å²) in [5.41, 5.74) is 1.21. The van der Waals surface area contributed by atoms with Crippen LogP contribution >= 0.6 is 0 Å². The van der Waals surface area contributed by atoms with Gasteiger partial charge in [0.2, 0.25) is 0 Å². The van der Waals surface area contributed by atoms with Crippen molar-refractivity contribution in [3.63, 3.8) is 0 Å². The van der Waals surface area contributed by atoms with Crippen LogP contribution in [0.1, 0.15) is 30.5 Å². The summed E-state index contributed by atoms with van der Waals surface area (Å²) in [6.07, 6.45) is 2.34. The topological polar surface area (TPSA) is 88.5 Å². The van der Waals surface area contributed by atoms with Crippen LogP contribution in [0.3, 0.4) is 0 Å². The van der Waals surface area contributed by atoms with Crippen LogP contribution in [0.25, 0.3) is 5.76 Å². The second-order valence-corrected chi connectivity index (χ2v) is 8.93. The quantitative estimate of drug-likeness (QED) is 0.215. The van der Waals surface area contributed by atoms with Crippen LogP contribution in [-0.4, -0.2) is 79.2 Å². The number of benzene rings is 2. The molecule has 2 aromatic carbocycles. The highest BCUT2D eigenvalue weighted by Gasteiger charge is 2.46. The number of Topliss-reactive ketones (excluding diaryl/α,β-unsaturated/α-hetero) is 1. The molecule has 2 aliphatic rings. The Morgan fingerprint density at radius 3 is 2.54 bits per heavy atom. The number of morpholine rings is 1. The van der Waals surface area contributed by atoms with Crippen LogP contribution in [-0.2, 0) is 14.3 Å². The second-order valence-electron chi connectivity index (χ2n) is 8.93. The molecule has 8 nitrogen and oxygen atoms in total. The first kappa shape index (κ1) is 26.4. The van der Waals surface area contributed by atoms with E-state index in [0.29, 0.717) is 62.0 Å². The average molecular weight is 507 g/mol. The third-order valence-electron chi connectivity index (χ3n) is 6.50. The largest absolute Gasteiger partial charge is 0.507 e. The summed E-state index contributed by atoms with van der Waals surface area (Å²) >= 11 is 0. The van der Waals surface area contributed by atoms with E-state index in [1.54, 1.807) is 41.3 Å². The molecule has 1 N–H and O–H groups in total. The summed E-state index contributed by atoms with van der Waals surface area (Å²) in [5, 5.41) is 11.3. The number of amides is 1. The first-order valence-electron chi connectivity index (χ1n) is 12.7. The molecule has 2 fully saturated rings. The number of hydrogen-bond acceptors (Lipinski definition) is 7. The molecule has 0 aliphatic carbocycles. The SMILES string of the molecule is C=CCOc1cccc(C2/C(=C(/O)c3ccc(OCC)cc3)C(=O)C(=O)N2CCCN2CCOCC2)c1. The maximum atomic E-state index is 13.3. The van der Waals surface area contributed by atoms with E-state index >= 15 is 0 Å². The van der Waals surface area contributed by atoms with Crippen molar-refractivity contribution in [3.8, 4) is 11.5 Å². The van der Waals surface area contributed by atoms with Crippen molar-refractivity contribution in [1.29, 1.82) is 0 Å². The Morgan fingerprint density at radius 2 is 1.84 bits per heavy atom. The van der Waals surface area contributed by atoms with Gasteiger partial charge in [-0.3, -0.25) is 14.5 Å². The van der Waals surface area contributed by atoms with Gasteiger partial charge in [-0.05, 0) is 55.3 Å². The zero-order valence-electron chi connectivity index (χ0n) is 21.2. The molecule has 2 aliphatic heterocycles. The van der Waals surface area contributed by atoms with Crippen molar-refractivity contribution < 1.29 is 28.9 Å². The maximum absolute atomic E-state index is 13.3. The third kappa shape index (κ3) is 6.21. The van der Waals surface area contributed by atoms with E-state index in [1.807, 2.05) is 25.1 Å². The monoisotopic (exact) mass is 506 g/mol. The average Bonchev–Trinajstić information content (AvgIpc) is 3.18. The summed E-state index contributed by atoms with van der Waals surface area (Å²) < 4.78 is 16.6. The van der Waals surface area contributed by atoms with Gasteiger partial charge in [0.1, 0.15) is 23.9 Å². The molecule has 2 heterocycles. The minimum atomic E-state index is -0.733. The van der Waals surface area contributed by atoms with Crippen molar-refractivity contribution in [2.75, 3.05) is 52.6 Å². The summed E-state index contributed by atoms with van der Waals surface area (Å²) in [7, 11) is 0. The van der Waals surface area contributed by atoms with Gasteiger partial charge in [0.15, 0.2) is 0 Å². The van der Waals surface area contributed by atoms with E-state index in [9.17, 15) is 14.7 Å². The summed E-state index contributed by atoms with van der Waals surface area (Å²) in [6, 6.07) is 13.4. The standard InChI is InChI=1S/C29H34N2O6/c1-3-17-37-24-8-5-7-22(20-24)26-25(27(32)21-9-11-23(12-10-21)36-4-2)28(33)29(34)31(26)14-6-13-30-15-18-35-19-16-30/h3,5,7-12,20,26,32H,1,4,6,13-19H2,2H3/b27-25-. The van der Waals surface area contributed by atoms with Gasteiger partial charge in [-0.1, -0.05) is 24.8 Å². The van der Waals surface area contributed by atoms with Crippen LogP contribution < -0.4 is 9.47 Å². The number of ketones is 1. The highest BCUT2D eigenvalue weighted by Crippen LogP contribution is 2.40. The zero-order valence-corrected chi connectivity index (χ0v) is 21.2. The summed E-state index contributed by atoms with van der Waals surface area (Å²) in [4.78, 5) is 30.4. The van der Waals surface area contributed by atoms with Crippen molar-refractivity contribution in [2.45, 2.75) is 19.4 Å². The molecule has 0 spiro atoms. The van der Waals surface area contributed by atoms with Gasteiger partial charge < -0.3 is 24.2 Å². The van der Waals surface area contributed by atoms with Gasteiger partial charge in [0.25, 0.3) is 11.7 Å². The smallest absolute Gasteiger partial charge is 0.295 e. The van der Waals surface area contributed by atoms with E-state index in [0.717, 1.165) is 19.6 Å². The molecule has 0 aromatic heterocycles. The van der Waals surface area contributed by atoms with Crippen molar-refractivity contribution >= 4 is 17.4 Å². The molecule has 1 unspecified atom stereocenters. The van der Waals surface area contributed by atoms with Gasteiger partial charge in [0, 0.05) is 31.7 Å². The highest BCUT2D eigenvalue weighted by atomic mass is 16.5. The van der Waals surface area contributed by atoms with Gasteiger partial charge >= 0.3 is 0 Å². The molecule has 4 rings (SSSR count). The number of aliphatic hydroxyl groups excluding tert-OH is 1. The van der Waals surface area contributed by atoms with Gasteiger partial charge in [0.05, 0.1) is 31.4 Å². The summed E-state index contributed by atoms with van der Waals surface area (Å²) in [6.45, 7) is 10.7. The Hall–Kier alpha value is -3.62. The molecule has 0 bridgehead atoms. The lowest BCUT2D eigenvalue weighted by Crippen LogP contribution is -2.38. The number of likely N-dealkylation sites (tertiary alicyclic amines) is 1. The lowest BCUT2D eigenvalue weighted by Gasteiger charge is -2.29. The van der Waals surface area contributed by atoms with Crippen LogP contribution in [0.4, 0.5) is 0 Å². The molecular weight excluding hydrogens is 472 g/mol. The fourth-order valence-corrected chi connectivity index (χ4v) is 4.71. The lowest BCUT2D eigenvalue weighted by molar-refractivity contribution is -0.140. The fraction of sp³-hybridized carbons (Fsp3) is 0.379. The van der Waals surface area contributed by atoms with E-state index in [2.05, 4.69) is 11.5 Å². The van der Waals surface area contributed by atoms with E-state index in [-0.39, 0.29) is 11.3 Å². The summed E-state index contributed by atoms with van der Waals surface area (Å²) in [5.74, 6) is -0.264. The normalized spacial score (nSPS) is 19.7. The number of hydrogen-bond donors (Lipinski definition) is 1. The molecule has 2 saturated heterocycles. The number of carbonyl (C=O) groups excluding carboxylic acids is 2. The lowest BCUT2D eigenvalue weighted by atomic mass is 9.95. The third-order valence-corrected chi connectivity index (χ3v) is 6.50. The second kappa shape index (κ2) is 12.6. The first-order valence-corrected chi connectivity index (χ1v) is 12.7. The highest BCUT2D eigenvalue weighted by molar-refractivity contribution is 6.46. The van der Waals surface area contributed by atoms with Crippen molar-refractivity contribution in [2.24, 2.45) is 0 Å². The molecule has 1 atom stereocenters. The Bertz CT molecular complexity index is 1140. The Balaban J connectivity index is 1.67. The molecule has 0 radical (unpaired) electrons. The van der Waals surface area contributed by atoms with Gasteiger partial charge in [-0.2, -0.15) is 0 Å². The number of ether oxygens (including phenoxy) is 3. The first-order chi connectivity index (χ1) is 18.0. The fourth-order valence-electron chi connectivity index (χ4n) is 4.71. The molecule has 1 amide bonds. The Morgan fingerprint density at radius 1 is 1.08 bits per heavy atom. The molecule has 2 aromatic rings. The Labute approximate surface area is 217 Å². The van der Waals surface area contributed by atoms with Gasteiger partial charge in [-0.25, -0.2) is 0 Å². The minimum Gasteiger partial charge on any atom is -0.507 e. The number of nitrogens with zero attached hydrogens (tertiary/aromatic N) is 2. The molecule has 37 heavy (non-hydrogen) atoms. The van der Waals surface area contributed by atoms with E-state index in [1.165, 1.54) is 0 Å². The van der Waals surface area contributed by atoms with Crippen LogP contribution in [0.5, 0.6) is 11.5 Å². The van der Waals surface area contributed by atoms with E-state index in [4.69, 9.17) is 14.2 Å². The molecule has 0 saturated carbocycles. The maximum Gasteiger partial charge on any atom is 0.295 e. The molecular formula is C29H34N2O6. The molecule has 8 heteroatoms. The molecule has 196 valence electrons. The number of aliphatic hydroxyl groups is 1. The Kier molecular flexibility index (Phi) is 8.98.